The van der Waals surface area contributed by atoms with E-state index in [1.165, 1.54) is 28.6 Å². The van der Waals surface area contributed by atoms with Crippen molar-refractivity contribution >= 4 is 37.6 Å². The lowest BCUT2D eigenvalue weighted by Gasteiger charge is -2.43. The van der Waals surface area contributed by atoms with Crippen molar-refractivity contribution in [1.82, 2.24) is 0 Å². The van der Waals surface area contributed by atoms with Gasteiger partial charge in [0.25, 0.3) is 10.0 Å². The lowest BCUT2D eigenvalue weighted by Crippen LogP contribution is -2.50. The van der Waals surface area contributed by atoms with Gasteiger partial charge in [0.05, 0.1) is 22.5 Å². The molecule has 3 aliphatic rings. The van der Waals surface area contributed by atoms with Crippen molar-refractivity contribution in [2.75, 3.05) is 10.8 Å². The van der Waals surface area contributed by atoms with Crippen LogP contribution in [-0.4, -0.2) is 38.8 Å². The number of fused-ring (bicyclic) bond motifs is 3. The molecular weight excluding hydrogens is 627 g/mol. The van der Waals surface area contributed by atoms with Gasteiger partial charge < -0.3 is 14.6 Å². The highest BCUT2D eigenvalue weighted by Crippen LogP contribution is 2.64. The highest BCUT2D eigenvalue weighted by Gasteiger charge is 2.62. The summed E-state index contributed by atoms with van der Waals surface area (Å²) >= 11 is 3.32. The minimum Gasteiger partial charge on any atom is -0.486 e. The number of halogens is 4. The van der Waals surface area contributed by atoms with Crippen LogP contribution in [0.1, 0.15) is 32.1 Å². The number of hydrogen-bond acceptors (Lipinski definition) is 5. The van der Waals surface area contributed by atoms with E-state index in [4.69, 9.17) is 4.74 Å². The molecule has 2 saturated carbocycles. The van der Waals surface area contributed by atoms with Gasteiger partial charge in [-0.3, -0.25) is 9.10 Å². The maximum atomic E-state index is 14.3. The number of alkyl halides is 2. The van der Waals surface area contributed by atoms with Gasteiger partial charge in [0.15, 0.2) is 0 Å². The van der Waals surface area contributed by atoms with E-state index in [0.29, 0.717) is 42.1 Å². The number of anilines is 1. The molecule has 1 atom stereocenters. The van der Waals surface area contributed by atoms with Crippen molar-refractivity contribution in [2.45, 2.75) is 49.7 Å². The van der Waals surface area contributed by atoms with Gasteiger partial charge in [-0.25, -0.2) is 12.8 Å². The maximum absolute atomic E-state index is 14.3. The Balaban J connectivity index is 1.44. The van der Waals surface area contributed by atoms with Crippen LogP contribution in [0.15, 0.2) is 70.0 Å². The zero-order valence-electron chi connectivity index (χ0n) is 21.5. The summed E-state index contributed by atoms with van der Waals surface area (Å²) in [4.78, 5) is 12.1. The summed E-state index contributed by atoms with van der Waals surface area (Å²) in [5, 5.41) is 9.91. The van der Waals surface area contributed by atoms with E-state index in [1.807, 2.05) is 0 Å². The molecule has 0 unspecified atom stereocenters. The molecule has 3 aromatic rings. The van der Waals surface area contributed by atoms with Crippen LogP contribution in [0.4, 0.5) is 18.9 Å². The average molecular weight is 652 g/mol. The molecule has 0 radical (unpaired) electrons. The van der Waals surface area contributed by atoms with Crippen LogP contribution in [0.5, 0.6) is 11.5 Å². The SMILES string of the molecule is O=C(O)C12CCC([C@H]3CN(S(=O)(=O)c4ccc(Br)cc4)c4cc(-c5cc(F)cc(OC(F)F)c5)ccc4O3)(CC1)C2. The molecule has 216 valence electrons. The first kappa shape index (κ1) is 27.9. The summed E-state index contributed by atoms with van der Waals surface area (Å²) in [6.07, 6.45) is 2.07. The number of carboxylic acid groups (broad SMARTS) is 1. The minimum absolute atomic E-state index is 0.0475. The van der Waals surface area contributed by atoms with Crippen molar-refractivity contribution in [3.05, 3.63) is 71.0 Å². The Morgan fingerprint density at radius 1 is 1.02 bits per heavy atom. The van der Waals surface area contributed by atoms with Crippen molar-refractivity contribution < 1.29 is 41.0 Å². The number of sulfonamides is 1. The smallest absolute Gasteiger partial charge is 0.387 e. The molecule has 6 rings (SSSR count). The molecule has 0 spiro atoms. The van der Waals surface area contributed by atoms with Crippen LogP contribution in [0.25, 0.3) is 11.1 Å². The van der Waals surface area contributed by atoms with Gasteiger partial charge in [-0.2, -0.15) is 8.78 Å². The fourth-order valence-electron chi connectivity index (χ4n) is 6.59. The Morgan fingerprint density at radius 3 is 2.37 bits per heavy atom. The topological polar surface area (TPSA) is 93.1 Å². The van der Waals surface area contributed by atoms with Gasteiger partial charge in [-0.05, 0) is 91.8 Å². The van der Waals surface area contributed by atoms with E-state index in [9.17, 15) is 31.5 Å². The first-order valence-corrected chi connectivity index (χ1v) is 15.2. The molecule has 0 aromatic heterocycles. The summed E-state index contributed by atoms with van der Waals surface area (Å²) in [6.45, 7) is -3.19. The second-order valence-electron chi connectivity index (χ2n) is 11.0. The Morgan fingerprint density at radius 2 is 1.73 bits per heavy atom. The first-order chi connectivity index (χ1) is 19.4. The molecule has 1 aliphatic heterocycles. The van der Waals surface area contributed by atoms with Gasteiger partial charge >= 0.3 is 12.6 Å². The predicted molar refractivity (Wildman–Crippen MR) is 147 cm³/mol. The van der Waals surface area contributed by atoms with Crippen molar-refractivity contribution in [2.24, 2.45) is 10.8 Å². The lowest BCUT2D eigenvalue weighted by atomic mass is 9.78. The van der Waals surface area contributed by atoms with Crippen LogP contribution in [0.3, 0.4) is 0 Å². The zero-order chi connectivity index (χ0) is 29.2. The minimum atomic E-state index is -4.12. The second kappa shape index (κ2) is 9.94. The van der Waals surface area contributed by atoms with Gasteiger partial charge in [0.1, 0.15) is 23.4 Å². The van der Waals surface area contributed by atoms with Crippen molar-refractivity contribution in [3.63, 3.8) is 0 Å². The molecule has 1 heterocycles. The average Bonchev–Trinajstić information content (AvgIpc) is 3.51. The molecule has 7 nitrogen and oxygen atoms in total. The second-order valence-corrected chi connectivity index (χ2v) is 13.7. The van der Waals surface area contributed by atoms with Crippen LogP contribution in [0.2, 0.25) is 0 Å². The normalized spacial score (nSPS) is 25.2. The van der Waals surface area contributed by atoms with Crippen LogP contribution in [0, 0.1) is 16.6 Å². The number of nitrogens with zero attached hydrogens (tertiary/aromatic N) is 1. The third kappa shape index (κ3) is 4.84. The quantitative estimate of drug-likeness (QED) is 0.300. The van der Waals surface area contributed by atoms with Crippen molar-refractivity contribution in [1.29, 1.82) is 0 Å². The maximum Gasteiger partial charge on any atom is 0.387 e. The molecule has 0 saturated heterocycles. The zero-order valence-corrected chi connectivity index (χ0v) is 23.9. The molecule has 1 N–H and O–H groups in total. The molecule has 12 heteroatoms. The Bertz CT molecular complexity index is 1620. The Kier molecular flexibility index (Phi) is 6.76. The molecule has 2 fully saturated rings. The van der Waals surface area contributed by atoms with Gasteiger partial charge in [-0.1, -0.05) is 22.0 Å². The number of ether oxygens (including phenoxy) is 2. The number of rotatable bonds is 7. The van der Waals surface area contributed by atoms with Gasteiger partial charge in [-0.15, -0.1) is 0 Å². The molecule has 41 heavy (non-hydrogen) atoms. The van der Waals surface area contributed by atoms with E-state index in [-0.39, 0.29) is 34.2 Å². The molecule has 0 amide bonds. The van der Waals surface area contributed by atoms with Crippen molar-refractivity contribution in [3.8, 4) is 22.6 Å². The Hall–Kier alpha value is -3.25. The number of benzene rings is 3. The molecular formula is C29H25BrF3NO6S. The van der Waals surface area contributed by atoms with E-state index < -0.39 is 45.4 Å². The predicted octanol–water partition coefficient (Wildman–Crippen LogP) is 6.85. The monoisotopic (exact) mass is 651 g/mol. The Labute approximate surface area is 243 Å². The third-order valence-corrected chi connectivity index (χ3v) is 11.0. The highest BCUT2D eigenvalue weighted by molar-refractivity contribution is 9.10. The summed E-state index contributed by atoms with van der Waals surface area (Å²) in [5.41, 5.74) is -0.530. The lowest BCUT2D eigenvalue weighted by molar-refractivity contribution is -0.148. The summed E-state index contributed by atoms with van der Waals surface area (Å²) in [6, 6.07) is 14.1. The van der Waals surface area contributed by atoms with Crippen LogP contribution < -0.4 is 13.8 Å². The number of hydrogen-bond donors (Lipinski definition) is 1. The van der Waals surface area contributed by atoms with Gasteiger partial charge in [0, 0.05) is 16.0 Å². The van der Waals surface area contributed by atoms with Gasteiger partial charge in [0.2, 0.25) is 0 Å². The van der Waals surface area contributed by atoms with E-state index >= 15 is 0 Å². The first-order valence-electron chi connectivity index (χ1n) is 13.0. The standard InChI is InChI=1S/C29H25BrF3NO6S/c30-19-2-4-22(5-3-19)41(37,38)34-15-25(28-7-9-29(16-28,10-8-28)26(35)36)40-24-6-1-17(13-23(24)34)18-11-20(31)14-21(12-18)39-27(32)33/h1-6,11-14,25,27H,7-10,15-16H2,(H,35,36)/t25-,28?,29?/m1/s1. The summed E-state index contributed by atoms with van der Waals surface area (Å²) in [7, 11) is -4.12. The third-order valence-electron chi connectivity index (χ3n) is 8.69. The fourth-order valence-corrected chi connectivity index (χ4v) is 8.32. The van der Waals surface area contributed by atoms with Crippen LogP contribution in [-0.2, 0) is 14.8 Å². The number of aliphatic carboxylic acids is 1. The highest BCUT2D eigenvalue weighted by atomic mass is 79.9. The summed E-state index contributed by atoms with van der Waals surface area (Å²) in [5.74, 6) is -1.72. The number of carbonyl (C=O) groups is 1. The molecule has 3 aromatic carbocycles. The molecule has 2 aliphatic carbocycles. The largest absolute Gasteiger partial charge is 0.486 e. The number of carboxylic acids is 1. The molecule has 2 bridgehead atoms. The van der Waals surface area contributed by atoms with Crippen LogP contribution >= 0.6 is 15.9 Å². The van der Waals surface area contributed by atoms with E-state index in [1.54, 1.807) is 24.3 Å². The fraction of sp³-hybridized carbons (Fsp3) is 0.345. The summed E-state index contributed by atoms with van der Waals surface area (Å²) < 4.78 is 80.8. The van der Waals surface area contributed by atoms with E-state index in [2.05, 4.69) is 20.7 Å². The van der Waals surface area contributed by atoms with E-state index in [0.717, 1.165) is 12.1 Å².